The molecule has 2 N–H and O–H groups in total. The highest BCUT2D eigenvalue weighted by atomic mass is 16.6. The van der Waals surface area contributed by atoms with Gasteiger partial charge >= 0.3 is 0 Å². The van der Waals surface area contributed by atoms with Crippen molar-refractivity contribution < 1.29 is 4.84 Å². The van der Waals surface area contributed by atoms with Crippen molar-refractivity contribution in [3.63, 3.8) is 0 Å². The Kier molecular flexibility index (Phi) is 6.55. The minimum Gasteiger partial charge on any atom is -0.304 e. The first-order valence-electron chi connectivity index (χ1n) is 3.79. The summed E-state index contributed by atoms with van der Waals surface area (Å²) in [7, 11) is 0. The van der Waals surface area contributed by atoms with Gasteiger partial charge in [-0.25, -0.2) is 5.90 Å². The number of hydrogen-bond acceptors (Lipinski definition) is 2. The van der Waals surface area contributed by atoms with Crippen molar-refractivity contribution in [2.24, 2.45) is 11.8 Å². The molecule has 0 fully saturated rings. The second kappa shape index (κ2) is 6.78. The van der Waals surface area contributed by atoms with E-state index < -0.39 is 0 Å². The summed E-state index contributed by atoms with van der Waals surface area (Å²) in [6.45, 7) is 4.85. The summed E-state index contributed by atoms with van der Waals surface area (Å²) in [5.74, 6) is 5.34. The van der Waals surface area contributed by atoms with Crippen molar-refractivity contribution in [2.45, 2.75) is 26.7 Å². The van der Waals surface area contributed by atoms with E-state index in [0.29, 0.717) is 12.5 Å². The molecule has 0 aromatic rings. The molecule has 0 aromatic heterocycles. The first-order chi connectivity index (χ1) is 4.81. The predicted octanol–water partition coefficient (Wildman–Crippen LogP) is 1.87. The van der Waals surface area contributed by atoms with E-state index in [1.54, 1.807) is 0 Å². The monoisotopic (exact) mass is 143 g/mol. The van der Waals surface area contributed by atoms with Gasteiger partial charge in [0, 0.05) is 0 Å². The zero-order chi connectivity index (χ0) is 7.82. The highest BCUT2D eigenvalue weighted by Crippen LogP contribution is 1.98. The maximum absolute atomic E-state index is 4.90. The van der Waals surface area contributed by atoms with Crippen LogP contribution in [0.15, 0.2) is 12.2 Å². The zero-order valence-corrected chi connectivity index (χ0v) is 6.84. The van der Waals surface area contributed by atoms with E-state index in [0.717, 1.165) is 6.42 Å². The van der Waals surface area contributed by atoms with E-state index in [-0.39, 0.29) is 0 Å². The SMILES string of the molecule is CCC/C=C/C(C)CON. The molecule has 1 atom stereocenters. The topological polar surface area (TPSA) is 35.2 Å². The van der Waals surface area contributed by atoms with Crippen molar-refractivity contribution in [3.8, 4) is 0 Å². The Labute approximate surface area is 63.0 Å². The van der Waals surface area contributed by atoms with Gasteiger partial charge in [-0.15, -0.1) is 0 Å². The van der Waals surface area contributed by atoms with Gasteiger partial charge in [0.05, 0.1) is 6.61 Å². The van der Waals surface area contributed by atoms with Crippen molar-refractivity contribution in [3.05, 3.63) is 12.2 Å². The molecule has 0 saturated carbocycles. The molecule has 0 amide bonds. The van der Waals surface area contributed by atoms with Gasteiger partial charge in [0.1, 0.15) is 0 Å². The summed E-state index contributed by atoms with van der Waals surface area (Å²) >= 11 is 0. The average molecular weight is 143 g/mol. The van der Waals surface area contributed by atoms with Gasteiger partial charge in [-0.3, -0.25) is 0 Å². The third-order valence-corrected chi connectivity index (χ3v) is 1.28. The third-order valence-electron chi connectivity index (χ3n) is 1.28. The molecule has 0 aromatic carbocycles. The fourth-order valence-electron chi connectivity index (χ4n) is 0.703. The molecule has 1 unspecified atom stereocenters. The second-order valence-corrected chi connectivity index (χ2v) is 2.53. The van der Waals surface area contributed by atoms with Gasteiger partial charge in [-0.2, -0.15) is 0 Å². The van der Waals surface area contributed by atoms with E-state index in [9.17, 15) is 0 Å². The molecule has 0 radical (unpaired) electrons. The van der Waals surface area contributed by atoms with Gasteiger partial charge in [0.15, 0.2) is 0 Å². The van der Waals surface area contributed by atoms with Gasteiger partial charge < -0.3 is 4.84 Å². The fourth-order valence-corrected chi connectivity index (χ4v) is 0.703. The van der Waals surface area contributed by atoms with Crippen molar-refractivity contribution in [1.82, 2.24) is 0 Å². The van der Waals surface area contributed by atoms with Crippen molar-refractivity contribution in [2.75, 3.05) is 6.61 Å². The molecule has 10 heavy (non-hydrogen) atoms. The Bertz CT molecular complexity index is 91.3. The average Bonchev–Trinajstić information content (AvgIpc) is 1.89. The number of nitrogens with two attached hydrogens (primary N) is 1. The summed E-state index contributed by atoms with van der Waals surface area (Å²) in [6, 6.07) is 0. The van der Waals surface area contributed by atoms with Crippen molar-refractivity contribution >= 4 is 0 Å². The minimum absolute atomic E-state index is 0.441. The summed E-state index contributed by atoms with van der Waals surface area (Å²) in [5.41, 5.74) is 0. The lowest BCUT2D eigenvalue weighted by Crippen LogP contribution is -2.07. The summed E-state index contributed by atoms with van der Waals surface area (Å²) in [4.78, 5) is 4.48. The molecular weight excluding hydrogens is 126 g/mol. The zero-order valence-electron chi connectivity index (χ0n) is 6.84. The molecule has 60 valence electrons. The Morgan fingerprint density at radius 2 is 2.30 bits per heavy atom. The Hall–Kier alpha value is -0.340. The minimum atomic E-state index is 0.441. The number of hydrogen-bond donors (Lipinski definition) is 1. The molecule has 0 aliphatic rings. The third kappa shape index (κ3) is 5.79. The Morgan fingerprint density at radius 3 is 2.80 bits per heavy atom. The Morgan fingerprint density at radius 1 is 1.60 bits per heavy atom. The highest BCUT2D eigenvalue weighted by Gasteiger charge is 1.92. The highest BCUT2D eigenvalue weighted by molar-refractivity contribution is 4.85. The molecule has 0 spiro atoms. The second-order valence-electron chi connectivity index (χ2n) is 2.53. The van der Waals surface area contributed by atoms with E-state index in [2.05, 4.69) is 30.8 Å². The van der Waals surface area contributed by atoms with Crippen LogP contribution in [0.25, 0.3) is 0 Å². The normalized spacial score (nSPS) is 14.3. The molecule has 0 rings (SSSR count). The lowest BCUT2D eigenvalue weighted by atomic mass is 10.1. The van der Waals surface area contributed by atoms with Crippen LogP contribution in [0.2, 0.25) is 0 Å². The van der Waals surface area contributed by atoms with Crippen LogP contribution in [0.3, 0.4) is 0 Å². The summed E-state index contributed by atoms with van der Waals surface area (Å²) < 4.78 is 0. The lowest BCUT2D eigenvalue weighted by Gasteiger charge is -2.01. The first-order valence-corrected chi connectivity index (χ1v) is 3.79. The largest absolute Gasteiger partial charge is 0.304 e. The summed E-state index contributed by atoms with van der Waals surface area (Å²) in [6.07, 6.45) is 6.65. The van der Waals surface area contributed by atoms with Gasteiger partial charge in [-0.1, -0.05) is 32.4 Å². The smallest absolute Gasteiger partial charge is 0.0739 e. The molecule has 0 heterocycles. The molecule has 0 saturated heterocycles. The first kappa shape index (κ1) is 9.66. The molecule has 0 aliphatic heterocycles. The number of allylic oxidation sites excluding steroid dienone is 1. The maximum atomic E-state index is 4.90. The quantitative estimate of drug-likeness (QED) is 0.471. The van der Waals surface area contributed by atoms with E-state index in [1.807, 2.05) is 0 Å². The fraction of sp³-hybridized carbons (Fsp3) is 0.750. The maximum Gasteiger partial charge on any atom is 0.0739 e. The molecule has 2 heteroatoms. The van der Waals surface area contributed by atoms with E-state index >= 15 is 0 Å². The van der Waals surface area contributed by atoms with Crippen LogP contribution in [0, 0.1) is 5.92 Å². The summed E-state index contributed by atoms with van der Waals surface area (Å²) in [5, 5.41) is 0. The number of rotatable bonds is 5. The van der Waals surface area contributed by atoms with Crippen LogP contribution < -0.4 is 5.90 Å². The van der Waals surface area contributed by atoms with Gasteiger partial charge in [-0.05, 0) is 12.3 Å². The van der Waals surface area contributed by atoms with Crippen LogP contribution in [0.4, 0.5) is 0 Å². The van der Waals surface area contributed by atoms with Gasteiger partial charge in [0.2, 0.25) is 0 Å². The number of unbranched alkanes of at least 4 members (excludes halogenated alkanes) is 1. The predicted molar refractivity (Wildman–Crippen MR) is 43.4 cm³/mol. The van der Waals surface area contributed by atoms with Crippen LogP contribution >= 0.6 is 0 Å². The molecular formula is C8H17NO. The molecule has 2 nitrogen and oxygen atoms in total. The molecule has 0 bridgehead atoms. The van der Waals surface area contributed by atoms with Crippen LogP contribution in [0.1, 0.15) is 26.7 Å². The van der Waals surface area contributed by atoms with Crippen LogP contribution in [0.5, 0.6) is 0 Å². The lowest BCUT2D eigenvalue weighted by molar-refractivity contribution is 0.120. The van der Waals surface area contributed by atoms with E-state index in [4.69, 9.17) is 5.90 Å². The van der Waals surface area contributed by atoms with E-state index in [1.165, 1.54) is 6.42 Å². The van der Waals surface area contributed by atoms with Crippen molar-refractivity contribution in [1.29, 1.82) is 0 Å². The van der Waals surface area contributed by atoms with Crippen LogP contribution in [-0.2, 0) is 4.84 Å². The molecule has 0 aliphatic carbocycles. The van der Waals surface area contributed by atoms with Crippen LogP contribution in [-0.4, -0.2) is 6.61 Å². The standard InChI is InChI=1S/C8H17NO/c1-3-4-5-6-8(2)7-10-9/h5-6,8H,3-4,7,9H2,1-2H3/b6-5+. The van der Waals surface area contributed by atoms with Gasteiger partial charge in [0.25, 0.3) is 0 Å². The Balaban J connectivity index is 3.26.